The molecule has 0 saturated heterocycles. The number of hydrogen-bond acceptors (Lipinski definition) is 4. The first-order valence-corrected chi connectivity index (χ1v) is 12.8. The molecule has 6 heteroatoms. The number of hydrogen-bond donors (Lipinski definition) is 0. The zero-order valence-corrected chi connectivity index (χ0v) is 18.6. The van der Waals surface area contributed by atoms with Crippen LogP contribution in [0.25, 0.3) is 43.9 Å². The van der Waals surface area contributed by atoms with Gasteiger partial charge in [-0.05, 0) is 0 Å². The van der Waals surface area contributed by atoms with Crippen molar-refractivity contribution in [2.24, 2.45) is 0 Å². The van der Waals surface area contributed by atoms with Crippen LogP contribution < -0.4 is 10.9 Å². The minimum absolute atomic E-state index is 0.182. The Morgan fingerprint density at radius 3 is 1.41 bits per heavy atom. The first-order valence-electron chi connectivity index (χ1n) is 9.88. The molecule has 4 aromatic carbocycles. The van der Waals surface area contributed by atoms with E-state index in [1.807, 2.05) is 0 Å². The molecule has 4 nitrogen and oxygen atoms in total. The van der Waals surface area contributed by atoms with Crippen molar-refractivity contribution in [2.45, 2.75) is 0 Å². The number of para-hydroxylation sites is 2. The second-order valence-corrected chi connectivity index (χ2v) is 11.2. The number of halogens is 2. The monoisotopic (exact) mass is 536 g/mol. The summed E-state index contributed by atoms with van der Waals surface area (Å²) >= 11 is -3.37. The first kappa shape index (κ1) is 19.2. The van der Waals surface area contributed by atoms with Crippen LogP contribution in [0.4, 0.5) is 2.86 Å². The van der Waals surface area contributed by atoms with Crippen molar-refractivity contribution in [1.82, 2.24) is 0 Å². The van der Waals surface area contributed by atoms with Gasteiger partial charge in [0.15, 0.2) is 0 Å². The normalized spacial score (nSPS) is 12.1. The predicted molar refractivity (Wildman–Crippen MR) is 133 cm³/mol. The number of rotatable bonds is 2. The second kappa shape index (κ2) is 7.27. The average molecular weight is 536 g/mol. The van der Waals surface area contributed by atoms with Gasteiger partial charge in [0.25, 0.3) is 0 Å². The molecule has 0 N–H and O–H groups in total. The molecule has 32 heavy (non-hydrogen) atoms. The third-order valence-corrected chi connectivity index (χ3v) is 8.99. The number of fused-ring (bicyclic) bond motifs is 4. The van der Waals surface area contributed by atoms with E-state index in [9.17, 15) is 9.59 Å². The Bertz CT molecular complexity index is 1670. The molecular weight excluding hydrogens is 522 g/mol. The Hall–Kier alpha value is -3.52. The van der Waals surface area contributed by atoms with Crippen molar-refractivity contribution >= 4 is 64.3 Å². The average Bonchev–Trinajstić information content (AvgIpc) is 2.84. The fourth-order valence-corrected chi connectivity index (χ4v) is 6.76. The molecule has 2 aromatic heterocycles. The maximum atomic E-state index is 15.7. The van der Waals surface area contributed by atoms with Crippen LogP contribution in [0.15, 0.2) is 103 Å². The van der Waals surface area contributed by atoms with E-state index in [2.05, 4.69) is 0 Å². The molecule has 0 amide bonds. The molecule has 0 aliphatic rings. The summed E-state index contributed by atoms with van der Waals surface area (Å²) in [5.74, 6) is 0. The molecule has 0 fully saturated rings. The summed E-state index contributed by atoms with van der Waals surface area (Å²) in [6, 6.07) is 23.8. The predicted octanol–water partition coefficient (Wildman–Crippen LogP) is 6.64. The molecule has 0 bridgehead atoms. The van der Waals surface area contributed by atoms with Gasteiger partial charge >= 0.3 is 188 Å². The van der Waals surface area contributed by atoms with Crippen molar-refractivity contribution in [3.63, 3.8) is 0 Å². The first-order chi connectivity index (χ1) is 15.6. The quantitative estimate of drug-likeness (QED) is 0.184. The zero-order valence-electron chi connectivity index (χ0n) is 16.5. The summed E-state index contributed by atoms with van der Waals surface area (Å²) in [4.78, 5) is 25.8. The van der Waals surface area contributed by atoms with E-state index in [0.717, 1.165) is 0 Å². The van der Waals surface area contributed by atoms with Crippen LogP contribution in [0.5, 0.6) is 0 Å². The van der Waals surface area contributed by atoms with E-state index in [4.69, 9.17) is 8.83 Å². The van der Waals surface area contributed by atoms with Crippen molar-refractivity contribution in [2.75, 3.05) is 0 Å². The molecule has 6 rings (SSSR count). The van der Waals surface area contributed by atoms with Crippen LogP contribution in [-0.4, -0.2) is 0 Å². The van der Waals surface area contributed by atoms with Gasteiger partial charge in [-0.2, -0.15) is 0 Å². The molecule has 0 aliphatic carbocycles. The van der Waals surface area contributed by atoms with E-state index < -0.39 is 20.4 Å². The third-order valence-electron chi connectivity index (χ3n) is 5.46. The summed E-state index contributed by atoms with van der Waals surface area (Å²) in [5.41, 5.74) is 1.49. The third kappa shape index (κ3) is 2.94. The number of benzene rings is 4. The van der Waals surface area contributed by atoms with E-state index in [-0.39, 0.29) is 10.9 Å². The van der Waals surface area contributed by atoms with Gasteiger partial charge in [-0.1, -0.05) is 0 Å². The van der Waals surface area contributed by atoms with Gasteiger partial charge in [-0.25, -0.2) is 0 Å². The molecule has 0 aliphatic heterocycles. The SMILES string of the molecule is O=c1c2ccccc2oc2ccc(I(F)c3ccc4oc5ccccc5c(=O)c4c3)cc12. The Kier molecular flexibility index (Phi) is 4.36. The van der Waals surface area contributed by atoms with Crippen LogP contribution in [0, 0.1) is 7.14 Å². The van der Waals surface area contributed by atoms with Crippen molar-refractivity contribution in [3.05, 3.63) is 113 Å². The van der Waals surface area contributed by atoms with E-state index in [0.29, 0.717) is 51.0 Å². The van der Waals surface area contributed by atoms with Crippen LogP contribution in [0.3, 0.4) is 0 Å². The molecule has 0 atom stereocenters. The molecule has 0 radical (unpaired) electrons. The van der Waals surface area contributed by atoms with Crippen molar-refractivity contribution in [3.8, 4) is 0 Å². The van der Waals surface area contributed by atoms with E-state index >= 15 is 2.86 Å². The summed E-state index contributed by atoms with van der Waals surface area (Å²) < 4.78 is 28.3. The van der Waals surface area contributed by atoms with E-state index in [1.165, 1.54) is 0 Å². The minimum atomic E-state index is -3.37. The molecule has 0 unspecified atom stereocenters. The summed E-state index contributed by atoms with van der Waals surface area (Å²) in [5, 5.41) is 1.64. The Morgan fingerprint density at radius 2 is 0.938 bits per heavy atom. The van der Waals surface area contributed by atoms with Crippen LogP contribution >= 0.6 is 20.4 Å². The Balaban J connectivity index is 1.51. The fraction of sp³-hybridized carbons (Fsp3) is 0. The van der Waals surface area contributed by atoms with Gasteiger partial charge in [0.2, 0.25) is 0 Å². The molecular formula is C26H14FIO4. The van der Waals surface area contributed by atoms with Gasteiger partial charge in [0, 0.05) is 0 Å². The molecule has 6 aromatic rings. The summed E-state index contributed by atoms with van der Waals surface area (Å²) in [6.45, 7) is 0. The Morgan fingerprint density at radius 1 is 0.531 bits per heavy atom. The maximum absolute atomic E-state index is 15.7. The molecule has 156 valence electrons. The van der Waals surface area contributed by atoms with Crippen molar-refractivity contribution < 1.29 is 11.7 Å². The van der Waals surface area contributed by atoms with Crippen molar-refractivity contribution in [1.29, 1.82) is 0 Å². The Labute approximate surface area is 188 Å². The van der Waals surface area contributed by atoms with E-state index in [1.54, 1.807) is 84.9 Å². The van der Waals surface area contributed by atoms with Gasteiger partial charge in [-0.3, -0.25) is 0 Å². The van der Waals surface area contributed by atoms with Gasteiger partial charge in [-0.15, -0.1) is 0 Å². The van der Waals surface area contributed by atoms with Gasteiger partial charge < -0.3 is 0 Å². The zero-order chi connectivity index (χ0) is 21.8. The molecule has 2 heterocycles. The van der Waals surface area contributed by atoms with Crippen LogP contribution in [0.2, 0.25) is 0 Å². The fourth-order valence-electron chi connectivity index (χ4n) is 3.88. The second-order valence-electron chi connectivity index (χ2n) is 7.37. The summed E-state index contributed by atoms with van der Waals surface area (Å²) in [6.07, 6.45) is 0. The van der Waals surface area contributed by atoms with Gasteiger partial charge in [0.1, 0.15) is 0 Å². The summed E-state index contributed by atoms with van der Waals surface area (Å²) in [7, 11) is 0. The van der Waals surface area contributed by atoms with Gasteiger partial charge in [0.05, 0.1) is 0 Å². The standard InChI is InChI=1S/C26H14FIO4/c27-28(15-9-11-23-19(13-15)25(29)17-5-1-3-7-21(17)31-23)16-10-12-24-20(14-16)26(30)18-6-2-4-8-22(18)32-24/h1-14H. The topological polar surface area (TPSA) is 60.4 Å². The van der Waals surface area contributed by atoms with Crippen LogP contribution in [0.1, 0.15) is 0 Å². The molecule has 0 spiro atoms. The molecule has 0 saturated carbocycles. The van der Waals surface area contributed by atoms with Crippen LogP contribution in [-0.2, 0) is 0 Å².